The van der Waals surface area contributed by atoms with Gasteiger partial charge in [0, 0.05) is 5.97 Å². The number of imidazole rings is 1. The van der Waals surface area contributed by atoms with E-state index in [0.717, 1.165) is 19.0 Å². The van der Waals surface area contributed by atoms with Gasteiger partial charge < -0.3 is 15.0 Å². The molecule has 6 nitrogen and oxygen atoms in total. The van der Waals surface area contributed by atoms with Crippen molar-refractivity contribution in [2.75, 3.05) is 0 Å². The first-order chi connectivity index (χ1) is 10.4. The lowest BCUT2D eigenvalue weighted by Crippen LogP contribution is -2.31. The van der Waals surface area contributed by atoms with Crippen molar-refractivity contribution in [1.29, 1.82) is 0 Å². The maximum atomic E-state index is 10.6. The molecular formula is C16H18N2O4. The standard InChI is InChI=1S/C14H14N2O2.C2H4O2/c1-2-12-3-5-13(6-4-12)9-15-7-8-16(11-15)10-14(17)18;1-2(3)4/h2-8,11H,1,9-10H2;1H3,(H,3,4). The molecule has 0 spiro atoms. The van der Waals surface area contributed by atoms with E-state index < -0.39 is 11.9 Å². The van der Waals surface area contributed by atoms with Gasteiger partial charge in [0.25, 0.3) is 0 Å². The fourth-order valence-electron chi connectivity index (χ4n) is 1.75. The van der Waals surface area contributed by atoms with Crippen LogP contribution in [0.4, 0.5) is 0 Å². The Bertz CT molecular complexity index is 640. The van der Waals surface area contributed by atoms with E-state index in [4.69, 9.17) is 15.0 Å². The summed E-state index contributed by atoms with van der Waals surface area (Å²) < 4.78 is 3.59. The molecule has 0 saturated carbocycles. The van der Waals surface area contributed by atoms with Crippen molar-refractivity contribution in [3.8, 4) is 0 Å². The summed E-state index contributed by atoms with van der Waals surface area (Å²) in [5.41, 5.74) is 2.26. The molecular weight excluding hydrogens is 284 g/mol. The number of aliphatic carboxylic acids is 2. The monoisotopic (exact) mass is 302 g/mol. The van der Waals surface area contributed by atoms with Gasteiger partial charge in [-0.1, -0.05) is 36.9 Å². The van der Waals surface area contributed by atoms with Gasteiger partial charge in [-0.3, -0.25) is 0 Å². The van der Waals surface area contributed by atoms with Crippen LogP contribution in [0, 0.1) is 0 Å². The topological polar surface area (TPSA) is 86.2 Å². The Morgan fingerprint density at radius 3 is 2.45 bits per heavy atom. The van der Waals surface area contributed by atoms with E-state index in [1.54, 1.807) is 23.2 Å². The first-order valence-electron chi connectivity index (χ1n) is 6.56. The largest absolute Gasteiger partial charge is 0.550 e. The van der Waals surface area contributed by atoms with Crippen molar-refractivity contribution in [2.24, 2.45) is 0 Å². The van der Waals surface area contributed by atoms with Gasteiger partial charge in [0.2, 0.25) is 6.33 Å². The molecule has 1 aromatic heterocycles. The summed E-state index contributed by atoms with van der Waals surface area (Å²) in [5, 5.41) is 17.6. The minimum atomic E-state index is -1.08. The van der Waals surface area contributed by atoms with Gasteiger partial charge in [0.15, 0.2) is 6.54 Å². The molecule has 2 aromatic rings. The molecule has 116 valence electrons. The zero-order valence-corrected chi connectivity index (χ0v) is 12.3. The van der Waals surface area contributed by atoms with Crippen LogP contribution in [0.25, 0.3) is 6.08 Å². The lowest BCUT2D eigenvalue weighted by atomic mass is 10.1. The Labute approximate surface area is 128 Å². The molecule has 0 radical (unpaired) electrons. The Morgan fingerprint density at radius 2 is 1.95 bits per heavy atom. The first kappa shape index (κ1) is 17.2. The molecule has 6 heteroatoms. The van der Waals surface area contributed by atoms with Gasteiger partial charge in [0.1, 0.15) is 18.9 Å². The van der Waals surface area contributed by atoms with Crippen LogP contribution in [0.2, 0.25) is 0 Å². The van der Waals surface area contributed by atoms with Crippen LogP contribution in [0.1, 0.15) is 18.1 Å². The number of carbonyl (C=O) groups is 2. The van der Waals surface area contributed by atoms with Gasteiger partial charge in [0.05, 0.1) is 0 Å². The molecule has 0 saturated heterocycles. The highest BCUT2D eigenvalue weighted by Crippen LogP contribution is 2.05. The Kier molecular flexibility index (Phi) is 6.56. The predicted molar refractivity (Wildman–Crippen MR) is 78.6 cm³/mol. The molecule has 1 aromatic carbocycles. The molecule has 0 aliphatic carbocycles. The zero-order chi connectivity index (χ0) is 16.5. The Balaban J connectivity index is 0.000000541. The third kappa shape index (κ3) is 6.51. The normalized spacial score (nSPS) is 9.50. The third-order valence-corrected chi connectivity index (χ3v) is 2.64. The van der Waals surface area contributed by atoms with Crippen molar-refractivity contribution < 1.29 is 24.4 Å². The highest BCUT2D eigenvalue weighted by atomic mass is 16.4. The van der Waals surface area contributed by atoms with Gasteiger partial charge in [-0.2, -0.15) is 0 Å². The molecule has 0 bridgehead atoms. The summed E-state index contributed by atoms with van der Waals surface area (Å²) in [5.74, 6) is -1.92. The summed E-state index contributed by atoms with van der Waals surface area (Å²) in [4.78, 5) is 19.5. The third-order valence-electron chi connectivity index (χ3n) is 2.64. The summed E-state index contributed by atoms with van der Waals surface area (Å²) in [7, 11) is 0. The van der Waals surface area contributed by atoms with Crippen LogP contribution < -0.4 is 9.67 Å². The lowest BCUT2D eigenvalue weighted by molar-refractivity contribution is -0.687. The lowest BCUT2D eigenvalue weighted by Gasteiger charge is -1.98. The van der Waals surface area contributed by atoms with Crippen LogP contribution in [-0.2, 0) is 22.7 Å². The van der Waals surface area contributed by atoms with Crippen molar-refractivity contribution >= 4 is 18.0 Å². The second kappa shape index (κ2) is 8.41. The smallest absolute Gasteiger partial charge is 0.346 e. The second-order valence-electron chi connectivity index (χ2n) is 4.59. The number of carboxylic acids is 2. The van der Waals surface area contributed by atoms with E-state index in [2.05, 4.69) is 6.58 Å². The molecule has 0 unspecified atom stereocenters. The van der Waals surface area contributed by atoms with Crippen LogP contribution in [0.15, 0.2) is 49.6 Å². The number of aromatic nitrogens is 2. The maximum Gasteiger partial charge on any atom is 0.346 e. The van der Waals surface area contributed by atoms with Crippen LogP contribution in [0.3, 0.4) is 0 Å². The van der Waals surface area contributed by atoms with Crippen LogP contribution in [-0.4, -0.2) is 21.6 Å². The zero-order valence-electron chi connectivity index (χ0n) is 12.3. The van der Waals surface area contributed by atoms with E-state index in [1.165, 1.54) is 5.56 Å². The fourth-order valence-corrected chi connectivity index (χ4v) is 1.75. The van der Waals surface area contributed by atoms with E-state index >= 15 is 0 Å². The summed E-state index contributed by atoms with van der Waals surface area (Å²) in [6, 6.07) is 8.10. The van der Waals surface area contributed by atoms with Crippen LogP contribution >= 0.6 is 0 Å². The number of hydrogen-bond acceptors (Lipinski definition) is 3. The SMILES string of the molecule is C=Cc1ccc(C[n+]2ccn(CC(=O)O)c2)cc1.CC(=O)[O-]. The molecule has 0 aliphatic rings. The summed E-state index contributed by atoms with van der Waals surface area (Å²) in [6.45, 7) is 5.40. The fraction of sp³-hybridized carbons (Fsp3) is 0.188. The number of benzene rings is 1. The number of hydrogen-bond donors (Lipinski definition) is 1. The van der Waals surface area contributed by atoms with Crippen molar-refractivity contribution in [3.05, 3.63) is 60.7 Å². The van der Waals surface area contributed by atoms with E-state index in [-0.39, 0.29) is 6.54 Å². The Hall–Kier alpha value is -2.89. The quantitative estimate of drug-likeness (QED) is 0.805. The number of rotatable bonds is 5. The average molecular weight is 302 g/mol. The van der Waals surface area contributed by atoms with E-state index in [0.29, 0.717) is 0 Å². The maximum absolute atomic E-state index is 10.6. The van der Waals surface area contributed by atoms with Crippen LogP contribution in [0.5, 0.6) is 0 Å². The molecule has 2 rings (SSSR count). The van der Waals surface area contributed by atoms with Gasteiger partial charge in [-0.05, 0) is 18.1 Å². The van der Waals surface area contributed by atoms with Crippen molar-refractivity contribution in [1.82, 2.24) is 4.57 Å². The molecule has 0 atom stereocenters. The summed E-state index contributed by atoms with van der Waals surface area (Å²) in [6.07, 6.45) is 7.21. The molecule has 1 heterocycles. The Morgan fingerprint density at radius 1 is 1.36 bits per heavy atom. The average Bonchev–Trinajstić information content (AvgIpc) is 2.85. The highest BCUT2D eigenvalue weighted by molar-refractivity contribution is 5.66. The first-order valence-corrected chi connectivity index (χ1v) is 6.56. The highest BCUT2D eigenvalue weighted by Gasteiger charge is 2.07. The number of carbonyl (C=O) groups excluding carboxylic acids is 1. The van der Waals surface area contributed by atoms with Crippen molar-refractivity contribution in [3.63, 3.8) is 0 Å². The minimum absolute atomic E-state index is 0.0115. The molecule has 0 aliphatic heterocycles. The minimum Gasteiger partial charge on any atom is -0.550 e. The van der Waals surface area contributed by atoms with Gasteiger partial charge in [-0.15, -0.1) is 0 Å². The summed E-state index contributed by atoms with van der Waals surface area (Å²) >= 11 is 0. The molecule has 0 amide bonds. The van der Waals surface area contributed by atoms with E-state index in [9.17, 15) is 4.79 Å². The van der Waals surface area contributed by atoms with Gasteiger partial charge in [-0.25, -0.2) is 13.9 Å². The van der Waals surface area contributed by atoms with Crippen molar-refractivity contribution in [2.45, 2.75) is 20.0 Å². The predicted octanol–water partition coefficient (Wildman–Crippen LogP) is 0.308. The number of carboxylic acid groups (broad SMARTS) is 2. The molecule has 22 heavy (non-hydrogen) atoms. The molecule has 1 N–H and O–H groups in total. The number of nitrogens with zero attached hydrogens (tertiary/aromatic N) is 2. The second-order valence-corrected chi connectivity index (χ2v) is 4.59. The molecule has 0 fully saturated rings. The van der Waals surface area contributed by atoms with Gasteiger partial charge >= 0.3 is 5.97 Å². The van der Waals surface area contributed by atoms with E-state index in [1.807, 2.05) is 35.0 Å².